The second-order valence-electron chi connectivity index (χ2n) is 3.76. The van der Waals surface area contributed by atoms with Crippen LogP contribution < -0.4 is 11.1 Å². The molecular formula is C11H18Cl2N2. The molecule has 15 heavy (non-hydrogen) atoms. The van der Waals surface area contributed by atoms with Gasteiger partial charge in [0, 0.05) is 19.1 Å². The minimum absolute atomic E-state index is 0. The van der Waals surface area contributed by atoms with Crippen LogP contribution in [0.4, 0.5) is 0 Å². The van der Waals surface area contributed by atoms with E-state index in [1.54, 1.807) is 0 Å². The van der Waals surface area contributed by atoms with Crippen molar-refractivity contribution < 1.29 is 0 Å². The van der Waals surface area contributed by atoms with Crippen molar-refractivity contribution in [2.45, 2.75) is 18.4 Å². The Kier molecular flexibility index (Phi) is 6.94. The molecule has 1 heterocycles. The first kappa shape index (κ1) is 14.7. The van der Waals surface area contributed by atoms with Crippen LogP contribution in [-0.4, -0.2) is 19.1 Å². The van der Waals surface area contributed by atoms with Gasteiger partial charge in [0.05, 0.1) is 0 Å². The Morgan fingerprint density at radius 2 is 1.73 bits per heavy atom. The minimum atomic E-state index is 0. The lowest BCUT2D eigenvalue weighted by Gasteiger charge is -2.27. The molecule has 0 amide bonds. The Balaban J connectivity index is 0.000000980. The molecule has 1 aromatic rings. The Hall–Kier alpha value is -0.280. The summed E-state index contributed by atoms with van der Waals surface area (Å²) in [6.45, 7) is 2.03. The molecule has 0 bridgehead atoms. The average Bonchev–Trinajstić information content (AvgIpc) is 2.19. The third kappa shape index (κ3) is 3.99. The van der Waals surface area contributed by atoms with E-state index in [4.69, 9.17) is 5.73 Å². The molecule has 2 unspecified atom stereocenters. The molecule has 3 N–H and O–H groups in total. The van der Waals surface area contributed by atoms with Crippen LogP contribution in [0.1, 0.15) is 17.9 Å². The van der Waals surface area contributed by atoms with Gasteiger partial charge in [-0.3, -0.25) is 0 Å². The molecule has 0 aliphatic carbocycles. The molecule has 2 atom stereocenters. The number of nitrogens with one attached hydrogen (secondary N) is 1. The van der Waals surface area contributed by atoms with Crippen molar-refractivity contribution in [2.75, 3.05) is 13.1 Å². The zero-order valence-electron chi connectivity index (χ0n) is 8.56. The molecule has 1 aliphatic rings. The highest BCUT2D eigenvalue weighted by Gasteiger charge is 2.19. The van der Waals surface area contributed by atoms with Crippen LogP contribution in [0.2, 0.25) is 0 Å². The van der Waals surface area contributed by atoms with Gasteiger partial charge in [0.2, 0.25) is 0 Å². The van der Waals surface area contributed by atoms with Crippen LogP contribution >= 0.6 is 24.8 Å². The van der Waals surface area contributed by atoms with Crippen LogP contribution in [0, 0.1) is 0 Å². The van der Waals surface area contributed by atoms with Crippen molar-refractivity contribution in [3.8, 4) is 0 Å². The zero-order chi connectivity index (χ0) is 9.10. The monoisotopic (exact) mass is 248 g/mol. The predicted octanol–water partition coefficient (Wildman–Crippen LogP) is 1.93. The average molecular weight is 249 g/mol. The van der Waals surface area contributed by atoms with E-state index in [-0.39, 0.29) is 24.8 Å². The summed E-state index contributed by atoms with van der Waals surface area (Å²) in [5.41, 5.74) is 7.31. The van der Waals surface area contributed by atoms with Crippen LogP contribution in [0.15, 0.2) is 30.3 Å². The first-order chi connectivity index (χ1) is 6.36. The summed E-state index contributed by atoms with van der Waals surface area (Å²) in [4.78, 5) is 0. The number of halogens is 2. The fraction of sp³-hybridized carbons (Fsp3) is 0.455. The minimum Gasteiger partial charge on any atom is -0.327 e. The molecular weight excluding hydrogens is 231 g/mol. The van der Waals surface area contributed by atoms with E-state index in [1.165, 1.54) is 5.56 Å². The van der Waals surface area contributed by atoms with Crippen molar-refractivity contribution in [2.24, 2.45) is 5.73 Å². The number of hydrogen-bond acceptors (Lipinski definition) is 2. The van der Waals surface area contributed by atoms with E-state index in [9.17, 15) is 0 Å². The van der Waals surface area contributed by atoms with Crippen molar-refractivity contribution in [1.82, 2.24) is 5.32 Å². The fourth-order valence-electron chi connectivity index (χ4n) is 1.95. The highest BCUT2D eigenvalue weighted by atomic mass is 35.5. The Bertz CT molecular complexity index is 267. The van der Waals surface area contributed by atoms with Crippen molar-refractivity contribution >= 4 is 24.8 Å². The predicted molar refractivity (Wildman–Crippen MR) is 69.1 cm³/mol. The largest absolute Gasteiger partial charge is 0.327 e. The fourth-order valence-corrected chi connectivity index (χ4v) is 1.95. The van der Waals surface area contributed by atoms with Crippen LogP contribution in [0.3, 0.4) is 0 Å². The van der Waals surface area contributed by atoms with Gasteiger partial charge in [0.1, 0.15) is 0 Å². The summed E-state index contributed by atoms with van der Waals surface area (Å²) < 4.78 is 0. The summed E-state index contributed by atoms with van der Waals surface area (Å²) in [7, 11) is 0. The maximum Gasteiger partial charge on any atom is 0.0171 e. The number of rotatable bonds is 1. The van der Waals surface area contributed by atoms with E-state index in [2.05, 4.69) is 35.6 Å². The Morgan fingerprint density at radius 1 is 1.07 bits per heavy atom. The van der Waals surface area contributed by atoms with Gasteiger partial charge in [-0.1, -0.05) is 30.3 Å². The van der Waals surface area contributed by atoms with Gasteiger partial charge in [-0.05, 0) is 17.9 Å². The van der Waals surface area contributed by atoms with Crippen LogP contribution in [-0.2, 0) is 0 Å². The highest BCUT2D eigenvalue weighted by molar-refractivity contribution is 5.85. The standard InChI is InChI=1S/C11H16N2.2ClH/c12-11-6-10(7-13-8-11)9-4-2-1-3-5-9;;/h1-5,10-11,13H,6-8,12H2;2*1H. The summed E-state index contributed by atoms with van der Waals surface area (Å²) in [6.07, 6.45) is 1.11. The topological polar surface area (TPSA) is 38.0 Å². The summed E-state index contributed by atoms with van der Waals surface area (Å²) in [5, 5.41) is 3.36. The number of nitrogens with two attached hydrogens (primary N) is 1. The van der Waals surface area contributed by atoms with Gasteiger partial charge in [-0.25, -0.2) is 0 Å². The van der Waals surface area contributed by atoms with E-state index >= 15 is 0 Å². The SMILES string of the molecule is Cl.Cl.NC1CNCC(c2ccccc2)C1. The van der Waals surface area contributed by atoms with Crippen molar-refractivity contribution in [3.63, 3.8) is 0 Å². The third-order valence-corrected chi connectivity index (χ3v) is 2.66. The van der Waals surface area contributed by atoms with E-state index in [1.807, 2.05) is 0 Å². The number of piperidine rings is 1. The molecule has 1 saturated heterocycles. The highest BCUT2D eigenvalue weighted by Crippen LogP contribution is 2.21. The van der Waals surface area contributed by atoms with Gasteiger partial charge in [0.15, 0.2) is 0 Å². The second-order valence-corrected chi connectivity index (χ2v) is 3.76. The maximum absolute atomic E-state index is 5.90. The van der Waals surface area contributed by atoms with Gasteiger partial charge in [-0.15, -0.1) is 24.8 Å². The molecule has 1 aromatic carbocycles. The summed E-state index contributed by atoms with van der Waals surface area (Å²) in [6, 6.07) is 10.9. The van der Waals surface area contributed by atoms with Crippen molar-refractivity contribution in [1.29, 1.82) is 0 Å². The first-order valence-corrected chi connectivity index (χ1v) is 4.87. The molecule has 1 fully saturated rings. The Labute approximate surface area is 103 Å². The molecule has 4 heteroatoms. The molecule has 86 valence electrons. The lowest BCUT2D eigenvalue weighted by atomic mass is 9.90. The Morgan fingerprint density at radius 3 is 2.33 bits per heavy atom. The quantitative estimate of drug-likeness (QED) is 0.798. The zero-order valence-corrected chi connectivity index (χ0v) is 10.2. The molecule has 0 radical (unpaired) electrons. The molecule has 0 saturated carbocycles. The third-order valence-electron chi connectivity index (χ3n) is 2.66. The van der Waals surface area contributed by atoms with Crippen LogP contribution in [0.25, 0.3) is 0 Å². The van der Waals surface area contributed by atoms with Crippen molar-refractivity contribution in [3.05, 3.63) is 35.9 Å². The van der Waals surface area contributed by atoms with E-state index < -0.39 is 0 Å². The molecule has 2 nitrogen and oxygen atoms in total. The molecule has 0 spiro atoms. The first-order valence-electron chi connectivity index (χ1n) is 4.87. The van der Waals surface area contributed by atoms with Gasteiger partial charge in [0.25, 0.3) is 0 Å². The van der Waals surface area contributed by atoms with Crippen LogP contribution in [0.5, 0.6) is 0 Å². The molecule has 2 rings (SSSR count). The molecule has 1 aliphatic heterocycles. The normalized spacial score (nSPS) is 24.9. The number of hydrogen-bond donors (Lipinski definition) is 2. The lowest BCUT2D eigenvalue weighted by molar-refractivity contribution is 0.412. The second kappa shape index (κ2) is 7.07. The van der Waals surface area contributed by atoms with Gasteiger partial charge < -0.3 is 11.1 Å². The lowest BCUT2D eigenvalue weighted by Crippen LogP contribution is -2.43. The van der Waals surface area contributed by atoms with E-state index in [0.717, 1.165) is 19.5 Å². The maximum atomic E-state index is 5.90. The number of benzene rings is 1. The summed E-state index contributed by atoms with van der Waals surface area (Å²) in [5.74, 6) is 0.602. The van der Waals surface area contributed by atoms with E-state index in [0.29, 0.717) is 12.0 Å². The summed E-state index contributed by atoms with van der Waals surface area (Å²) >= 11 is 0. The van der Waals surface area contributed by atoms with Gasteiger partial charge in [-0.2, -0.15) is 0 Å². The molecule has 0 aromatic heterocycles. The van der Waals surface area contributed by atoms with Gasteiger partial charge >= 0.3 is 0 Å². The smallest absolute Gasteiger partial charge is 0.0171 e.